The van der Waals surface area contributed by atoms with Crippen molar-refractivity contribution < 1.29 is 31.8 Å². The monoisotopic (exact) mass is 548 g/mol. The van der Waals surface area contributed by atoms with Crippen molar-refractivity contribution in [2.24, 2.45) is 5.92 Å². The molecule has 5 rings (SSSR count). The molecule has 1 N–H and O–H groups in total. The van der Waals surface area contributed by atoms with E-state index in [1.54, 1.807) is 6.92 Å². The lowest BCUT2D eigenvalue weighted by molar-refractivity contribution is -0.0737. The number of alkyl halides is 3. The highest BCUT2D eigenvalue weighted by atomic mass is 19.4. The molecule has 2 aromatic rings. The lowest BCUT2D eigenvalue weighted by Crippen LogP contribution is -2.51. The smallest absolute Gasteiger partial charge is 0.416 e. The Morgan fingerprint density at radius 1 is 1.21 bits per heavy atom. The van der Waals surface area contributed by atoms with E-state index in [1.807, 2.05) is 0 Å². The first kappa shape index (κ1) is 27.5. The van der Waals surface area contributed by atoms with Crippen LogP contribution in [0, 0.1) is 11.7 Å². The second-order valence-corrected chi connectivity index (χ2v) is 10.3. The van der Waals surface area contributed by atoms with Gasteiger partial charge in [-0.15, -0.1) is 0 Å². The number of Topliss-reactive ketones (excluding diaryl/α,β-unsaturated/α-hetero) is 1. The fourth-order valence-corrected chi connectivity index (χ4v) is 5.56. The van der Waals surface area contributed by atoms with Crippen LogP contribution >= 0.6 is 0 Å². The predicted molar refractivity (Wildman–Crippen MR) is 138 cm³/mol. The van der Waals surface area contributed by atoms with E-state index < -0.39 is 17.6 Å². The molecule has 1 aliphatic carbocycles. The van der Waals surface area contributed by atoms with Crippen LogP contribution in [0.4, 0.5) is 23.4 Å². The number of halogens is 4. The molecule has 0 saturated carbocycles. The molecule has 3 heterocycles. The first-order valence-electron chi connectivity index (χ1n) is 13.3. The highest BCUT2D eigenvalue weighted by Crippen LogP contribution is 2.42. The minimum absolute atomic E-state index is 0.0207. The van der Waals surface area contributed by atoms with E-state index >= 15 is 4.39 Å². The highest BCUT2D eigenvalue weighted by Gasteiger charge is 2.40. The zero-order valence-electron chi connectivity index (χ0n) is 22.0. The number of piperidine rings is 1. The van der Waals surface area contributed by atoms with Crippen molar-refractivity contribution in [3.05, 3.63) is 52.2 Å². The molecule has 0 spiro atoms. The third-order valence-corrected chi connectivity index (χ3v) is 7.73. The van der Waals surface area contributed by atoms with E-state index in [1.165, 1.54) is 19.2 Å². The summed E-state index contributed by atoms with van der Waals surface area (Å²) in [6.45, 7) is 5.48. The molecule has 210 valence electrons. The number of carbonyl (C=O) groups excluding carboxylic acids is 1. The van der Waals surface area contributed by atoms with E-state index in [4.69, 9.17) is 9.47 Å². The van der Waals surface area contributed by atoms with Gasteiger partial charge in [0.15, 0.2) is 5.78 Å². The number of methoxy groups -OCH3 is 1. The van der Waals surface area contributed by atoms with Gasteiger partial charge in [-0.05, 0) is 50.9 Å². The van der Waals surface area contributed by atoms with E-state index in [0.717, 1.165) is 45.2 Å². The van der Waals surface area contributed by atoms with Crippen molar-refractivity contribution in [1.29, 1.82) is 0 Å². The average Bonchev–Trinajstić information content (AvgIpc) is 3.29. The number of ether oxygens (including phenoxy) is 2. The molecule has 2 saturated heterocycles. The zero-order valence-corrected chi connectivity index (χ0v) is 22.0. The topological polar surface area (TPSA) is 76.6 Å². The standard InChI is InChI=1S/C28H32F4N4O3/c1-3-33-27-26-20(28(30,31)32)4-5-22(26)34-25(35-27)12-17-11-21(29)19(13-24(17)38-2)23(37)10-16-6-8-36(9-7-16)18-14-39-15-18/h4,11,13,16,18H,3,5-10,12,14-15H2,1-2H3,(H,33,34,35). The second-order valence-electron chi connectivity index (χ2n) is 10.3. The molecule has 0 amide bonds. The molecule has 7 nitrogen and oxygen atoms in total. The Morgan fingerprint density at radius 2 is 1.95 bits per heavy atom. The van der Waals surface area contributed by atoms with Gasteiger partial charge in [0, 0.05) is 31.4 Å². The quantitative estimate of drug-likeness (QED) is 0.355. The van der Waals surface area contributed by atoms with Crippen molar-refractivity contribution >= 4 is 17.2 Å². The molecule has 2 fully saturated rings. The van der Waals surface area contributed by atoms with Gasteiger partial charge in [0.25, 0.3) is 0 Å². The van der Waals surface area contributed by atoms with Crippen LogP contribution in [-0.4, -0.2) is 72.8 Å². The number of rotatable bonds is 9. The van der Waals surface area contributed by atoms with E-state index in [9.17, 15) is 18.0 Å². The van der Waals surface area contributed by atoms with Crippen molar-refractivity contribution in [2.75, 3.05) is 45.3 Å². The zero-order chi connectivity index (χ0) is 27.7. The number of carbonyl (C=O) groups is 1. The van der Waals surface area contributed by atoms with E-state index in [2.05, 4.69) is 20.2 Å². The van der Waals surface area contributed by atoms with Crippen LogP contribution in [-0.2, 0) is 17.6 Å². The number of aromatic nitrogens is 2. The Kier molecular flexibility index (Phi) is 7.91. The Hall–Kier alpha value is -3.05. The summed E-state index contributed by atoms with van der Waals surface area (Å²) >= 11 is 0. The van der Waals surface area contributed by atoms with Crippen LogP contribution in [0.1, 0.15) is 59.2 Å². The highest BCUT2D eigenvalue weighted by molar-refractivity contribution is 5.97. The summed E-state index contributed by atoms with van der Waals surface area (Å²) < 4.78 is 66.5. The third-order valence-electron chi connectivity index (χ3n) is 7.73. The summed E-state index contributed by atoms with van der Waals surface area (Å²) in [4.78, 5) is 24.2. The molecule has 11 heteroatoms. The van der Waals surface area contributed by atoms with Crippen molar-refractivity contribution in [2.45, 2.75) is 51.2 Å². The summed E-state index contributed by atoms with van der Waals surface area (Å²) in [5, 5.41) is 2.90. The number of nitrogens with zero attached hydrogens (tertiary/aromatic N) is 3. The van der Waals surface area contributed by atoms with Gasteiger partial charge in [-0.2, -0.15) is 13.2 Å². The Morgan fingerprint density at radius 3 is 2.56 bits per heavy atom. The van der Waals surface area contributed by atoms with Gasteiger partial charge in [0.05, 0.1) is 48.8 Å². The van der Waals surface area contributed by atoms with Crippen molar-refractivity contribution in [3.8, 4) is 5.75 Å². The molecular formula is C28H32F4N4O3. The second kappa shape index (κ2) is 11.2. The number of fused-ring (bicyclic) bond motifs is 1. The van der Waals surface area contributed by atoms with E-state index in [-0.39, 0.29) is 59.4 Å². The van der Waals surface area contributed by atoms with Gasteiger partial charge in [-0.1, -0.05) is 6.08 Å². The number of ketones is 1. The maximum absolute atomic E-state index is 15.2. The average molecular weight is 549 g/mol. The summed E-state index contributed by atoms with van der Waals surface area (Å²) in [7, 11) is 1.43. The molecular weight excluding hydrogens is 516 g/mol. The largest absolute Gasteiger partial charge is 0.496 e. The first-order chi connectivity index (χ1) is 18.7. The number of benzene rings is 1. The fourth-order valence-electron chi connectivity index (χ4n) is 5.56. The van der Waals surface area contributed by atoms with Gasteiger partial charge in [0.2, 0.25) is 0 Å². The molecule has 3 aliphatic rings. The van der Waals surface area contributed by atoms with E-state index in [0.29, 0.717) is 23.9 Å². The summed E-state index contributed by atoms with van der Waals surface area (Å²) in [6.07, 6.45) is -1.31. The minimum atomic E-state index is -4.52. The van der Waals surface area contributed by atoms with Crippen molar-refractivity contribution in [1.82, 2.24) is 14.9 Å². The summed E-state index contributed by atoms with van der Waals surface area (Å²) in [5.74, 6) is -0.0876. The van der Waals surface area contributed by atoms with Crippen molar-refractivity contribution in [3.63, 3.8) is 0 Å². The van der Waals surface area contributed by atoms with Crippen LogP contribution < -0.4 is 10.1 Å². The lowest BCUT2D eigenvalue weighted by Gasteiger charge is -2.41. The maximum atomic E-state index is 15.2. The van der Waals surface area contributed by atoms with Crippen LogP contribution in [0.15, 0.2) is 18.2 Å². The molecule has 39 heavy (non-hydrogen) atoms. The SMILES string of the molecule is CCNc1nc(Cc2cc(F)c(C(=O)CC3CCN(C4COC4)CC3)cc2OC)nc2c1C(C(F)(F)F)=CC2. The number of allylic oxidation sites excluding steroid dienone is 2. The molecule has 0 radical (unpaired) electrons. The van der Waals surface area contributed by atoms with Gasteiger partial charge < -0.3 is 14.8 Å². The number of hydrogen-bond acceptors (Lipinski definition) is 7. The number of hydrogen-bond donors (Lipinski definition) is 1. The Bertz CT molecular complexity index is 1270. The predicted octanol–water partition coefficient (Wildman–Crippen LogP) is 4.83. The summed E-state index contributed by atoms with van der Waals surface area (Å²) in [5.41, 5.74) is -0.140. The van der Waals surface area contributed by atoms with Gasteiger partial charge in [-0.3, -0.25) is 9.69 Å². The number of likely N-dealkylation sites (tertiary alicyclic amines) is 1. The molecule has 1 aromatic heterocycles. The van der Waals surface area contributed by atoms with Crippen LogP contribution in [0.25, 0.3) is 5.57 Å². The molecule has 0 unspecified atom stereocenters. The minimum Gasteiger partial charge on any atom is -0.496 e. The Labute approximate surface area is 224 Å². The van der Waals surface area contributed by atoms with Crippen LogP contribution in [0.3, 0.4) is 0 Å². The summed E-state index contributed by atoms with van der Waals surface area (Å²) in [6, 6.07) is 3.13. The third kappa shape index (κ3) is 5.79. The normalized spacial score (nSPS) is 18.5. The number of nitrogens with one attached hydrogen (secondary N) is 1. The maximum Gasteiger partial charge on any atom is 0.416 e. The first-order valence-corrected chi connectivity index (χ1v) is 13.3. The lowest BCUT2D eigenvalue weighted by atomic mass is 9.88. The molecule has 2 aliphatic heterocycles. The molecule has 1 aromatic carbocycles. The van der Waals surface area contributed by atoms with Crippen LogP contribution in [0.2, 0.25) is 0 Å². The number of anilines is 1. The van der Waals surface area contributed by atoms with Gasteiger partial charge in [-0.25, -0.2) is 14.4 Å². The fraction of sp³-hybridized carbons (Fsp3) is 0.536. The van der Waals surface area contributed by atoms with Gasteiger partial charge >= 0.3 is 6.18 Å². The molecule has 0 bridgehead atoms. The Balaban J connectivity index is 1.32. The molecule has 0 atom stereocenters. The van der Waals surface area contributed by atoms with Gasteiger partial charge in [0.1, 0.15) is 23.2 Å². The van der Waals surface area contributed by atoms with Crippen LogP contribution in [0.5, 0.6) is 5.75 Å².